The predicted octanol–water partition coefficient (Wildman–Crippen LogP) is 3.18. The van der Waals surface area contributed by atoms with Crippen LogP contribution in [0.4, 0.5) is 24.8 Å². The van der Waals surface area contributed by atoms with E-state index in [-0.39, 0.29) is 23.1 Å². The van der Waals surface area contributed by atoms with Crippen LogP contribution in [0.25, 0.3) is 11.4 Å². The number of halogens is 3. The Balaban J connectivity index is 1.85. The molecule has 0 spiro atoms. The highest BCUT2D eigenvalue weighted by atomic mass is 32.2. The van der Waals surface area contributed by atoms with Gasteiger partial charge in [0.2, 0.25) is 5.95 Å². The first-order valence-electron chi connectivity index (χ1n) is 8.32. The van der Waals surface area contributed by atoms with Gasteiger partial charge in [-0.25, -0.2) is 22.8 Å². The summed E-state index contributed by atoms with van der Waals surface area (Å²) in [6.07, 6.45) is 1.53. The van der Waals surface area contributed by atoms with Gasteiger partial charge in [0, 0.05) is 11.8 Å². The van der Waals surface area contributed by atoms with Gasteiger partial charge in [0.05, 0.1) is 11.3 Å². The molecular formula is C18H15F3N4O3S. The molecule has 2 aromatic carbocycles. The number of nitrogens with zero attached hydrogens (tertiary/aromatic N) is 3. The Bertz CT molecular complexity index is 1070. The molecule has 29 heavy (non-hydrogen) atoms. The van der Waals surface area contributed by atoms with E-state index in [4.69, 9.17) is 0 Å². The van der Waals surface area contributed by atoms with Crippen molar-refractivity contribution in [2.24, 2.45) is 0 Å². The van der Waals surface area contributed by atoms with Crippen LogP contribution < -0.4 is 10.1 Å². The van der Waals surface area contributed by atoms with Gasteiger partial charge in [-0.15, -0.1) is 0 Å². The lowest BCUT2D eigenvalue weighted by molar-refractivity contribution is -0.0496. The van der Waals surface area contributed by atoms with Crippen LogP contribution in [-0.4, -0.2) is 35.7 Å². The third kappa shape index (κ3) is 5.88. The number of aryl methyl sites for hydroxylation is 1. The number of anilines is 2. The molecule has 0 radical (unpaired) electrons. The van der Waals surface area contributed by atoms with E-state index in [1.165, 1.54) is 12.4 Å². The van der Waals surface area contributed by atoms with Crippen LogP contribution in [0.5, 0.6) is 5.75 Å². The number of ether oxygens (including phenoxy) is 1. The number of hydrogen-bond donors (Lipinski definition) is 2. The van der Waals surface area contributed by atoms with Crippen molar-refractivity contribution in [1.82, 2.24) is 15.0 Å². The summed E-state index contributed by atoms with van der Waals surface area (Å²) < 4.78 is 64.5. The number of benzene rings is 2. The average molecular weight is 424 g/mol. The normalized spacial score (nSPS) is 11.1. The minimum Gasteiger partial charge on any atom is -0.434 e. The van der Waals surface area contributed by atoms with E-state index < -0.39 is 28.9 Å². The van der Waals surface area contributed by atoms with Crippen LogP contribution in [0, 0.1) is 5.82 Å². The summed E-state index contributed by atoms with van der Waals surface area (Å²) in [5.41, 5.74) is 1.48. The molecule has 3 rings (SSSR count). The zero-order valence-electron chi connectivity index (χ0n) is 14.8. The predicted molar refractivity (Wildman–Crippen MR) is 100 cm³/mol. The summed E-state index contributed by atoms with van der Waals surface area (Å²) in [4.78, 5) is 12.1. The average Bonchev–Trinajstić information content (AvgIpc) is 2.66. The Hall–Kier alpha value is -3.21. The molecule has 11 heteroatoms. The fourth-order valence-corrected chi connectivity index (χ4v) is 2.96. The van der Waals surface area contributed by atoms with E-state index in [2.05, 4.69) is 25.0 Å². The van der Waals surface area contributed by atoms with Gasteiger partial charge < -0.3 is 10.1 Å². The highest BCUT2D eigenvalue weighted by Crippen LogP contribution is 2.30. The molecular weight excluding hydrogens is 409 g/mol. The Morgan fingerprint density at radius 3 is 2.69 bits per heavy atom. The number of alkyl halides is 2. The maximum Gasteiger partial charge on any atom is 0.387 e. The molecule has 0 bridgehead atoms. The van der Waals surface area contributed by atoms with E-state index in [0.717, 1.165) is 17.7 Å². The standard InChI is InChI=1S/C18H15F3N4O3S/c19-12-4-5-14(15(9-12)28-17(20)21)16-22-10-23-18(25-16)24-13-3-1-2-11(8-13)6-7-29(26)27/h1-5,8-10,17,29H,6-7H2,(H,22,23,24,25). The van der Waals surface area contributed by atoms with E-state index in [1.807, 2.05) is 0 Å². The van der Waals surface area contributed by atoms with Crippen LogP contribution in [0.15, 0.2) is 48.8 Å². The molecule has 152 valence electrons. The monoisotopic (exact) mass is 424 g/mol. The molecule has 0 amide bonds. The lowest BCUT2D eigenvalue weighted by Gasteiger charge is -2.11. The third-order valence-corrected chi connectivity index (χ3v) is 4.33. The summed E-state index contributed by atoms with van der Waals surface area (Å²) in [5, 5.41) is 2.94. The summed E-state index contributed by atoms with van der Waals surface area (Å²) >= 11 is 0. The van der Waals surface area contributed by atoms with Crippen molar-refractivity contribution in [3.8, 4) is 17.1 Å². The lowest BCUT2D eigenvalue weighted by atomic mass is 10.1. The second-order valence-corrected chi connectivity index (χ2v) is 6.90. The topological polar surface area (TPSA) is 94.1 Å². The van der Waals surface area contributed by atoms with Gasteiger partial charge in [0.25, 0.3) is 0 Å². The fraction of sp³-hybridized carbons (Fsp3) is 0.167. The number of nitrogens with one attached hydrogen (secondary N) is 1. The van der Waals surface area contributed by atoms with Crippen molar-refractivity contribution >= 4 is 22.3 Å². The van der Waals surface area contributed by atoms with E-state index >= 15 is 0 Å². The van der Waals surface area contributed by atoms with Gasteiger partial charge in [-0.1, -0.05) is 12.1 Å². The van der Waals surface area contributed by atoms with Crippen molar-refractivity contribution < 1.29 is 26.3 Å². The van der Waals surface area contributed by atoms with Crippen molar-refractivity contribution in [1.29, 1.82) is 0 Å². The van der Waals surface area contributed by atoms with E-state index in [9.17, 15) is 21.6 Å². The van der Waals surface area contributed by atoms with E-state index in [0.29, 0.717) is 12.1 Å². The lowest BCUT2D eigenvalue weighted by Crippen LogP contribution is -2.05. The van der Waals surface area contributed by atoms with Crippen LogP contribution >= 0.6 is 0 Å². The van der Waals surface area contributed by atoms with Gasteiger partial charge >= 0.3 is 6.61 Å². The quantitative estimate of drug-likeness (QED) is 0.537. The number of hydrogen-bond acceptors (Lipinski definition) is 7. The van der Waals surface area contributed by atoms with Crippen LogP contribution in [0.1, 0.15) is 5.56 Å². The third-order valence-electron chi connectivity index (χ3n) is 3.74. The Kier molecular flexibility index (Phi) is 6.60. The van der Waals surface area contributed by atoms with Crippen LogP contribution in [0.3, 0.4) is 0 Å². The van der Waals surface area contributed by atoms with E-state index in [1.54, 1.807) is 24.3 Å². The van der Waals surface area contributed by atoms with Crippen molar-refractivity contribution in [3.63, 3.8) is 0 Å². The van der Waals surface area contributed by atoms with Gasteiger partial charge in [-0.05, 0) is 36.2 Å². The molecule has 0 saturated heterocycles. The molecule has 1 heterocycles. The first-order valence-corrected chi connectivity index (χ1v) is 9.68. The zero-order valence-corrected chi connectivity index (χ0v) is 15.7. The SMILES string of the molecule is O=[SH](=O)CCc1cccc(Nc2ncnc(-c3ccc(F)cc3OC(F)F)n2)c1. The number of thiol groups is 1. The first kappa shape index (κ1) is 20.5. The van der Waals surface area contributed by atoms with Crippen molar-refractivity contribution in [3.05, 3.63) is 60.2 Å². The van der Waals surface area contributed by atoms with Crippen LogP contribution in [-0.2, 0) is 17.1 Å². The largest absolute Gasteiger partial charge is 0.434 e. The maximum absolute atomic E-state index is 13.4. The number of aromatic nitrogens is 3. The molecule has 0 saturated carbocycles. The molecule has 0 fully saturated rings. The molecule has 0 unspecified atom stereocenters. The molecule has 0 aliphatic heterocycles. The fourth-order valence-electron chi connectivity index (χ4n) is 2.51. The van der Waals surface area contributed by atoms with Crippen molar-refractivity contribution in [2.75, 3.05) is 11.1 Å². The second kappa shape index (κ2) is 9.32. The Morgan fingerprint density at radius 1 is 1.10 bits per heavy atom. The second-order valence-electron chi connectivity index (χ2n) is 5.78. The van der Waals surface area contributed by atoms with Gasteiger partial charge in [-0.3, -0.25) is 0 Å². The Morgan fingerprint density at radius 2 is 1.93 bits per heavy atom. The molecule has 0 aliphatic rings. The summed E-state index contributed by atoms with van der Waals surface area (Å²) in [6.45, 7) is -3.14. The molecule has 3 aromatic rings. The number of rotatable bonds is 8. The highest BCUT2D eigenvalue weighted by Gasteiger charge is 2.15. The van der Waals surface area contributed by atoms with Crippen LogP contribution in [0.2, 0.25) is 0 Å². The minimum atomic E-state index is -3.14. The maximum atomic E-state index is 13.4. The Labute approximate surface area is 165 Å². The zero-order chi connectivity index (χ0) is 20.8. The minimum absolute atomic E-state index is 0.0117. The van der Waals surface area contributed by atoms with Gasteiger partial charge in [0.15, 0.2) is 5.82 Å². The molecule has 1 N–H and O–H groups in total. The summed E-state index contributed by atoms with van der Waals surface area (Å²) in [7, 11) is -2.47. The van der Waals surface area contributed by atoms with Gasteiger partial charge in [-0.2, -0.15) is 13.8 Å². The molecule has 7 nitrogen and oxygen atoms in total. The highest BCUT2D eigenvalue weighted by molar-refractivity contribution is 7.72. The molecule has 0 aliphatic carbocycles. The summed E-state index contributed by atoms with van der Waals surface area (Å²) in [6, 6.07) is 10.1. The summed E-state index contributed by atoms with van der Waals surface area (Å²) in [5.74, 6) is -0.974. The van der Waals surface area contributed by atoms with Gasteiger partial charge in [0.1, 0.15) is 28.6 Å². The van der Waals surface area contributed by atoms with Crippen molar-refractivity contribution in [2.45, 2.75) is 13.0 Å². The molecule has 1 aromatic heterocycles. The first-order chi connectivity index (χ1) is 13.9. The molecule has 0 atom stereocenters. The smallest absolute Gasteiger partial charge is 0.387 e.